The predicted molar refractivity (Wildman–Crippen MR) is 110 cm³/mol. The summed E-state index contributed by atoms with van der Waals surface area (Å²) >= 11 is 1.04. The van der Waals surface area contributed by atoms with Gasteiger partial charge in [-0.1, -0.05) is 12.1 Å². The van der Waals surface area contributed by atoms with Gasteiger partial charge in [0.05, 0.1) is 17.4 Å². The van der Waals surface area contributed by atoms with Crippen LogP contribution in [0.25, 0.3) is 16.1 Å². The molecule has 4 rings (SSSR count). The van der Waals surface area contributed by atoms with Gasteiger partial charge in [0.2, 0.25) is 0 Å². The molecule has 10 heteroatoms. The van der Waals surface area contributed by atoms with E-state index >= 15 is 0 Å². The number of halogens is 2. The number of aliphatic hydroxyl groups is 1. The molecule has 1 amide bonds. The lowest BCUT2D eigenvalue weighted by Gasteiger charge is -2.19. The molecule has 0 bridgehead atoms. The second-order valence-corrected chi connectivity index (χ2v) is 8.19. The lowest BCUT2D eigenvalue weighted by molar-refractivity contribution is 0.0737. The van der Waals surface area contributed by atoms with Crippen LogP contribution < -0.4 is 11.1 Å². The van der Waals surface area contributed by atoms with Gasteiger partial charge in [-0.05, 0) is 26.0 Å². The number of amides is 1. The Morgan fingerprint density at radius 2 is 2.00 bits per heavy atom. The van der Waals surface area contributed by atoms with Crippen LogP contribution in [0.2, 0.25) is 0 Å². The summed E-state index contributed by atoms with van der Waals surface area (Å²) in [6.45, 7) is 2.74. The zero-order chi connectivity index (χ0) is 21.6. The number of fused-ring (bicyclic) bond motifs is 1. The van der Waals surface area contributed by atoms with E-state index in [1.807, 2.05) is 0 Å². The fourth-order valence-electron chi connectivity index (χ4n) is 3.01. The average molecular weight is 429 g/mol. The number of nitrogens with one attached hydrogen (secondary N) is 1. The third kappa shape index (κ3) is 3.51. The first-order valence-electron chi connectivity index (χ1n) is 8.87. The first kappa shape index (κ1) is 19.9. The summed E-state index contributed by atoms with van der Waals surface area (Å²) < 4.78 is 30.8. The average Bonchev–Trinajstić information content (AvgIpc) is 3.29. The monoisotopic (exact) mass is 429 g/mol. The van der Waals surface area contributed by atoms with Crippen LogP contribution >= 0.6 is 11.3 Å². The number of rotatable bonds is 5. The van der Waals surface area contributed by atoms with Crippen LogP contribution in [0.1, 0.15) is 29.8 Å². The molecule has 0 unspecified atom stereocenters. The molecule has 0 aliphatic rings. The van der Waals surface area contributed by atoms with Gasteiger partial charge in [0.25, 0.3) is 5.91 Å². The second kappa shape index (κ2) is 7.15. The topological polar surface area (TPSA) is 106 Å². The minimum absolute atomic E-state index is 0.0414. The third-order valence-corrected chi connectivity index (χ3v) is 5.59. The van der Waals surface area contributed by atoms with Gasteiger partial charge in [-0.25, -0.2) is 18.3 Å². The van der Waals surface area contributed by atoms with Gasteiger partial charge in [-0.15, -0.1) is 11.3 Å². The number of primary amides is 1. The Morgan fingerprint density at radius 3 is 2.70 bits per heavy atom. The summed E-state index contributed by atoms with van der Waals surface area (Å²) in [6, 6.07) is 7.45. The molecule has 0 saturated heterocycles. The quantitative estimate of drug-likeness (QED) is 0.447. The summed E-state index contributed by atoms with van der Waals surface area (Å²) in [6.07, 6.45) is 3.28. The molecule has 0 spiro atoms. The van der Waals surface area contributed by atoms with Gasteiger partial charge in [0, 0.05) is 28.3 Å². The molecular weight excluding hydrogens is 412 g/mol. The van der Waals surface area contributed by atoms with Crippen LogP contribution in [0.15, 0.2) is 42.7 Å². The van der Waals surface area contributed by atoms with Crippen molar-refractivity contribution in [1.29, 1.82) is 0 Å². The summed E-state index contributed by atoms with van der Waals surface area (Å²) in [5.74, 6) is -2.55. The highest BCUT2D eigenvalue weighted by atomic mass is 32.1. The molecular formula is C20H17F2N5O2S. The van der Waals surface area contributed by atoms with Crippen LogP contribution in [-0.4, -0.2) is 25.6 Å². The smallest absolute Gasteiger partial charge is 0.251 e. The summed E-state index contributed by atoms with van der Waals surface area (Å²) in [4.78, 5) is 16.6. The number of aromatic nitrogens is 3. The first-order chi connectivity index (χ1) is 14.1. The fraction of sp³-hybridized carbons (Fsp3) is 0.150. The third-order valence-electron chi connectivity index (χ3n) is 4.50. The molecule has 0 fully saturated rings. The summed E-state index contributed by atoms with van der Waals surface area (Å²) in [5, 5.41) is 17.4. The molecule has 0 atom stereocenters. The molecule has 154 valence electrons. The van der Waals surface area contributed by atoms with Gasteiger partial charge < -0.3 is 16.2 Å². The van der Waals surface area contributed by atoms with E-state index in [4.69, 9.17) is 5.73 Å². The van der Waals surface area contributed by atoms with Gasteiger partial charge in [0.15, 0.2) is 17.3 Å². The molecule has 0 saturated carbocycles. The molecule has 4 N–H and O–H groups in total. The van der Waals surface area contributed by atoms with E-state index in [2.05, 4.69) is 15.4 Å². The standard InChI is InChI=1S/C20H17F2N5O2S/c1-20(2,29)12-4-3-10(16(21)17(12)22)13-9-11(18(23)28)19(30-13)26-14-6-8-27-15(25-14)5-7-24-27/h3-9,29H,1-2H3,(H2,23,28)(H,25,26). The number of nitrogens with two attached hydrogens (primary N) is 1. The highest BCUT2D eigenvalue weighted by Crippen LogP contribution is 2.39. The predicted octanol–water partition coefficient (Wildman–Crippen LogP) is 3.81. The van der Waals surface area contributed by atoms with Crippen molar-refractivity contribution in [2.24, 2.45) is 5.73 Å². The van der Waals surface area contributed by atoms with Crippen molar-refractivity contribution in [3.8, 4) is 10.4 Å². The molecule has 3 heterocycles. The van der Waals surface area contributed by atoms with Crippen molar-refractivity contribution >= 4 is 33.7 Å². The fourth-order valence-corrected chi connectivity index (χ4v) is 4.10. The molecule has 0 aliphatic heterocycles. The van der Waals surface area contributed by atoms with E-state index in [-0.39, 0.29) is 16.7 Å². The van der Waals surface area contributed by atoms with Crippen LogP contribution in [0, 0.1) is 11.6 Å². The Kier molecular flexibility index (Phi) is 4.75. The Hall–Kier alpha value is -3.37. The maximum atomic E-state index is 14.7. The molecule has 3 aromatic heterocycles. The Morgan fingerprint density at radius 1 is 1.23 bits per heavy atom. The maximum Gasteiger partial charge on any atom is 0.251 e. The number of benzene rings is 1. The number of anilines is 2. The molecule has 1 aromatic carbocycles. The lowest BCUT2D eigenvalue weighted by Crippen LogP contribution is -2.18. The molecule has 0 aliphatic carbocycles. The van der Waals surface area contributed by atoms with Crippen molar-refractivity contribution in [2.75, 3.05) is 5.32 Å². The number of thiophene rings is 1. The SMILES string of the molecule is CC(C)(O)c1ccc(-c2cc(C(N)=O)c(Nc3ccn4nccc4n3)s2)c(F)c1F. The van der Waals surface area contributed by atoms with E-state index in [0.29, 0.717) is 21.3 Å². The van der Waals surface area contributed by atoms with Crippen LogP contribution in [0.3, 0.4) is 0 Å². The highest BCUT2D eigenvalue weighted by molar-refractivity contribution is 7.19. The molecule has 30 heavy (non-hydrogen) atoms. The van der Waals surface area contributed by atoms with Crippen molar-refractivity contribution in [3.05, 3.63) is 65.5 Å². The van der Waals surface area contributed by atoms with Crippen LogP contribution in [0.4, 0.5) is 19.6 Å². The van der Waals surface area contributed by atoms with E-state index in [0.717, 1.165) is 11.3 Å². The largest absolute Gasteiger partial charge is 0.386 e. The van der Waals surface area contributed by atoms with E-state index in [1.165, 1.54) is 32.0 Å². The minimum atomic E-state index is -1.54. The molecule has 7 nitrogen and oxygen atoms in total. The Bertz CT molecular complexity index is 1280. The zero-order valence-corrected chi connectivity index (χ0v) is 16.8. The Balaban J connectivity index is 1.76. The Labute approximate surface area is 173 Å². The number of nitrogens with zero attached hydrogens (tertiary/aromatic N) is 3. The highest BCUT2D eigenvalue weighted by Gasteiger charge is 2.26. The second-order valence-electron chi connectivity index (χ2n) is 7.14. The maximum absolute atomic E-state index is 14.7. The van der Waals surface area contributed by atoms with Crippen molar-refractivity contribution in [1.82, 2.24) is 14.6 Å². The first-order valence-corrected chi connectivity index (χ1v) is 9.69. The van der Waals surface area contributed by atoms with E-state index in [9.17, 15) is 18.7 Å². The van der Waals surface area contributed by atoms with Gasteiger partial charge in [0.1, 0.15) is 10.8 Å². The normalized spacial score (nSPS) is 11.8. The van der Waals surface area contributed by atoms with Crippen molar-refractivity contribution in [3.63, 3.8) is 0 Å². The number of carbonyl (C=O) groups excluding carboxylic acids is 1. The van der Waals surface area contributed by atoms with Gasteiger partial charge >= 0.3 is 0 Å². The van der Waals surface area contributed by atoms with E-state index < -0.39 is 23.1 Å². The number of hydrogen-bond donors (Lipinski definition) is 3. The number of carbonyl (C=O) groups is 1. The summed E-state index contributed by atoms with van der Waals surface area (Å²) in [7, 11) is 0. The van der Waals surface area contributed by atoms with Gasteiger partial charge in [-0.2, -0.15) is 5.10 Å². The summed E-state index contributed by atoms with van der Waals surface area (Å²) in [5.41, 5.74) is 4.45. The minimum Gasteiger partial charge on any atom is -0.386 e. The van der Waals surface area contributed by atoms with Gasteiger partial charge in [-0.3, -0.25) is 4.79 Å². The van der Waals surface area contributed by atoms with E-state index in [1.54, 1.807) is 29.0 Å². The van der Waals surface area contributed by atoms with Crippen molar-refractivity contribution in [2.45, 2.75) is 19.4 Å². The van der Waals surface area contributed by atoms with Crippen molar-refractivity contribution < 1.29 is 18.7 Å². The molecule has 0 radical (unpaired) electrons. The lowest BCUT2D eigenvalue weighted by atomic mass is 9.95. The number of hydrogen-bond acceptors (Lipinski definition) is 6. The van der Waals surface area contributed by atoms with Crippen LogP contribution in [0.5, 0.6) is 0 Å². The zero-order valence-electron chi connectivity index (χ0n) is 16.0. The molecule has 4 aromatic rings. The van der Waals surface area contributed by atoms with Crippen LogP contribution in [-0.2, 0) is 5.60 Å².